The SMILES string of the molecule is CCCCOC(=O)C(O)(OC)C(OCCCCCc1ccc2ccccc2c1)C(=O)OCc1ccccc1. The molecular weight excluding hydrogens is 484 g/mol. The fourth-order valence-electron chi connectivity index (χ4n) is 4.06. The summed E-state index contributed by atoms with van der Waals surface area (Å²) in [6.45, 7) is 2.15. The lowest BCUT2D eigenvalue weighted by molar-refractivity contribution is -0.262. The number of carbonyl (C=O) groups is 2. The number of hydrogen-bond donors (Lipinski definition) is 1. The van der Waals surface area contributed by atoms with E-state index in [4.69, 9.17) is 18.9 Å². The van der Waals surface area contributed by atoms with Gasteiger partial charge < -0.3 is 24.1 Å². The van der Waals surface area contributed by atoms with Crippen molar-refractivity contribution in [2.75, 3.05) is 20.3 Å². The maximum absolute atomic E-state index is 13.0. The molecule has 2 atom stereocenters. The molecule has 0 spiro atoms. The lowest BCUT2D eigenvalue weighted by atomic mass is 10.0. The summed E-state index contributed by atoms with van der Waals surface area (Å²) in [5.41, 5.74) is 2.02. The molecule has 0 aromatic heterocycles. The average Bonchev–Trinajstić information content (AvgIpc) is 2.95. The quantitative estimate of drug-likeness (QED) is 0.154. The molecule has 7 nitrogen and oxygen atoms in total. The Hall–Kier alpha value is -3.26. The van der Waals surface area contributed by atoms with Crippen LogP contribution in [0.2, 0.25) is 0 Å². The molecule has 1 N–H and O–H groups in total. The monoisotopic (exact) mass is 522 g/mol. The van der Waals surface area contributed by atoms with Gasteiger partial charge >= 0.3 is 17.7 Å². The molecule has 0 aliphatic carbocycles. The van der Waals surface area contributed by atoms with Crippen molar-refractivity contribution in [3.05, 3.63) is 83.9 Å². The van der Waals surface area contributed by atoms with Crippen molar-refractivity contribution in [2.45, 2.75) is 63.9 Å². The Balaban J connectivity index is 1.56. The normalized spacial score (nSPS) is 13.6. The molecule has 2 unspecified atom stereocenters. The maximum atomic E-state index is 13.0. The minimum atomic E-state index is -2.62. The number of aryl methyl sites for hydroxylation is 1. The smallest absolute Gasteiger partial charge is 0.370 e. The van der Waals surface area contributed by atoms with Crippen LogP contribution in [0, 0.1) is 0 Å². The Labute approximate surface area is 224 Å². The molecule has 3 aromatic carbocycles. The van der Waals surface area contributed by atoms with Crippen molar-refractivity contribution in [2.24, 2.45) is 0 Å². The van der Waals surface area contributed by atoms with Crippen molar-refractivity contribution < 1.29 is 33.6 Å². The Morgan fingerprint density at radius 3 is 2.29 bits per heavy atom. The highest BCUT2D eigenvalue weighted by Crippen LogP contribution is 2.22. The molecule has 7 heteroatoms. The van der Waals surface area contributed by atoms with E-state index in [1.54, 1.807) is 12.1 Å². The molecule has 0 aliphatic heterocycles. The molecule has 0 heterocycles. The molecule has 0 saturated carbocycles. The van der Waals surface area contributed by atoms with Crippen LogP contribution in [0.15, 0.2) is 72.8 Å². The minimum Gasteiger partial charge on any atom is -0.462 e. The highest BCUT2D eigenvalue weighted by molar-refractivity contribution is 5.88. The molecular formula is C31H38O7. The topological polar surface area (TPSA) is 91.3 Å². The molecule has 0 radical (unpaired) electrons. The van der Waals surface area contributed by atoms with E-state index in [-0.39, 0.29) is 19.8 Å². The van der Waals surface area contributed by atoms with E-state index in [1.165, 1.54) is 16.3 Å². The van der Waals surface area contributed by atoms with Crippen molar-refractivity contribution in [3.8, 4) is 0 Å². The summed E-state index contributed by atoms with van der Waals surface area (Å²) in [5.74, 6) is -4.60. The number of benzene rings is 3. The van der Waals surface area contributed by atoms with E-state index in [1.807, 2.05) is 37.3 Å². The maximum Gasteiger partial charge on any atom is 0.370 e. The number of hydrogen-bond acceptors (Lipinski definition) is 7. The van der Waals surface area contributed by atoms with E-state index >= 15 is 0 Å². The van der Waals surface area contributed by atoms with Crippen molar-refractivity contribution in [1.82, 2.24) is 0 Å². The number of rotatable bonds is 16. The zero-order valence-corrected chi connectivity index (χ0v) is 22.3. The third kappa shape index (κ3) is 8.38. The highest BCUT2D eigenvalue weighted by atomic mass is 16.7. The number of fused-ring (bicyclic) bond motifs is 1. The molecule has 0 saturated heterocycles. The van der Waals surface area contributed by atoms with Crippen LogP contribution in [0.5, 0.6) is 0 Å². The zero-order chi connectivity index (χ0) is 27.2. The molecule has 0 bridgehead atoms. The Morgan fingerprint density at radius 1 is 0.816 bits per heavy atom. The molecule has 0 fully saturated rings. The number of aliphatic hydroxyl groups is 1. The molecule has 0 aliphatic rings. The van der Waals surface area contributed by atoms with Gasteiger partial charge in [-0.25, -0.2) is 9.59 Å². The summed E-state index contributed by atoms with van der Waals surface area (Å²) in [6, 6.07) is 23.9. The van der Waals surface area contributed by atoms with Crippen molar-refractivity contribution in [3.63, 3.8) is 0 Å². The number of methoxy groups -OCH3 is 1. The summed E-state index contributed by atoms with van der Waals surface area (Å²) in [5, 5.41) is 13.5. The van der Waals surface area contributed by atoms with Gasteiger partial charge in [0.2, 0.25) is 6.10 Å². The van der Waals surface area contributed by atoms with Gasteiger partial charge in [-0.3, -0.25) is 0 Å². The first-order valence-corrected chi connectivity index (χ1v) is 13.2. The second-order valence-corrected chi connectivity index (χ2v) is 9.23. The van der Waals surface area contributed by atoms with Gasteiger partial charge in [0.1, 0.15) is 6.61 Å². The van der Waals surface area contributed by atoms with Crippen LogP contribution in [0.1, 0.15) is 50.2 Å². The molecule has 38 heavy (non-hydrogen) atoms. The van der Waals surface area contributed by atoms with E-state index in [0.29, 0.717) is 12.8 Å². The van der Waals surface area contributed by atoms with Crippen molar-refractivity contribution >= 4 is 22.7 Å². The van der Waals surface area contributed by atoms with Gasteiger partial charge in [-0.15, -0.1) is 0 Å². The zero-order valence-electron chi connectivity index (χ0n) is 22.3. The Kier molecular flexibility index (Phi) is 11.7. The number of unbranched alkanes of at least 4 members (excludes halogenated alkanes) is 3. The van der Waals surface area contributed by atoms with Crippen LogP contribution in [0.3, 0.4) is 0 Å². The summed E-state index contributed by atoms with van der Waals surface area (Å²) in [7, 11) is 1.13. The van der Waals surface area contributed by atoms with Crippen LogP contribution < -0.4 is 0 Å². The van der Waals surface area contributed by atoms with Gasteiger partial charge in [-0.1, -0.05) is 92.6 Å². The van der Waals surface area contributed by atoms with E-state index < -0.39 is 23.8 Å². The summed E-state index contributed by atoms with van der Waals surface area (Å²) in [6.07, 6.45) is 3.04. The summed E-state index contributed by atoms with van der Waals surface area (Å²) < 4.78 is 21.4. The third-order valence-corrected chi connectivity index (χ3v) is 6.34. The molecule has 0 amide bonds. The average molecular weight is 523 g/mol. The predicted octanol–water partition coefficient (Wildman–Crippen LogP) is 5.36. The molecule has 3 rings (SSSR count). The van der Waals surface area contributed by atoms with Crippen LogP contribution >= 0.6 is 0 Å². The van der Waals surface area contributed by atoms with Crippen molar-refractivity contribution in [1.29, 1.82) is 0 Å². The first kappa shape index (κ1) is 29.3. The van der Waals surface area contributed by atoms with Crippen LogP contribution in [0.25, 0.3) is 10.8 Å². The first-order chi connectivity index (χ1) is 18.5. The number of carbonyl (C=O) groups excluding carboxylic acids is 2. The molecule has 3 aromatic rings. The fraction of sp³-hybridized carbons (Fsp3) is 0.419. The van der Waals surface area contributed by atoms with Gasteiger partial charge in [0.05, 0.1) is 6.61 Å². The van der Waals surface area contributed by atoms with Gasteiger partial charge in [-0.2, -0.15) is 0 Å². The van der Waals surface area contributed by atoms with E-state index in [0.717, 1.165) is 38.4 Å². The third-order valence-electron chi connectivity index (χ3n) is 6.34. The van der Waals surface area contributed by atoms with E-state index in [2.05, 4.69) is 30.3 Å². The van der Waals surface area contributed by atoms with Crippen LogP contribution in [0.4, 0.5) is 0 Å². The standard InChI is InChI=1S/C31H38O7/c1-3-4-20-37-30(33)31(34,35-2)28(29(32)38-23-25-14-7-5-8-15-25)36-21-12-6-9-13-24-18-19-26-16-10-11-17-27(26)22-24/h5,7-8,10-11,14-19,22,28,34H,3-4,6,9,12-13,20-21,23H2,1-2H3. The highest BCUT2D eigenvalue weighted by Gasteiger charge is 2.52. The first-order valence-electron chi connectivity index (χ1n) is 13.2. The molecule has 204 valence electrons. The lowest BCUT2D eigenvalue weighted by Crippen LogP contribution is -2.57. The Bertz CT molecular complexity index is 1150. The number of esters is 2. The predicted molar refractivity (Wildman–Crippen MR) is 145 cm³/mol. The lowest BCUT2D eigenvalue weighted by Gasteiger charge is -2.30. The van der Waals surface area contributed by atoms with Gasteiger partial charge in [0, 0.05) is 13.7 Å². The summed E-state index contributed by atoms with van der Waals surface area (Å²) in [4.78, 5) is 25.7. The van der Waals surface area contributed by atoms with E-state index in [9.17, 15) is 14.7 Å². The van der Waals surface area contributed by atoms with Gasteiger partial charge in [0.25, 0.3) is 0 Å². The number of ether oxygens (including phenoxy) is 4. The second-order valence-electron chi connectivity index (χ2n) is 9.23. The minimum absolute atomic E-state index is 0.0318. The Morgan fingerprint density at radius 2 is 1.55 bits per heavy atom. The fourth-order valence-corrected chi connectivity index (χ4v) is 4.06. The summed E-state index contributed by atoms with van der Waals surface area (Å²) >= 11 is 0. The van der Waals surface area contributed by atoms with Gasteiger partial charge in [0.15, 0.2) is 0 Å². The van der Waals surface area contributed by atoms with Crippen LogP contribution in [-0.2, 0) is 41.6 Å². The second kappa shape index (κ2) is 15.2. The largest absolute Gasteiger partial charge is 0.462 e. The van der Waals surface area contributed by atoms with Gasteiger partial charge in [-0.05, 0) is 47.6 Å². The van der Waals surface area contributed by atoms with Crippen LogP contribution in [-0.4, -0.2) is 49.3 Å².